The first-order chi connectivity index (χ1) is 13.4. The van der Waals surface area contributed by atoms with E-state index in [1.807, 2.05) is 14.1 Å². The van der Waals surface area contributed by atoms with Crippen LogP contribution in [0, 0.1) is 5.41 Å². The molecule has 8 heteroatoms. The Hall–Kier alpha value is -3.03. The number of nitrogens with one attached hydrogen (secondary N) is 2. The molecule has 0 atom stereocenters. The summed E-state index contributed by atoms with van der Waals surface area (Å²) in [7, 11) is 3.70. The van der Waals surface area contributed by atoms with Gasteiger partial charge in [0, 0.05) is 49.4 Å². The summed E-state index contributed by atoms with van der Waals surface area (Å²) in [6.45, 7) is 1.68. The molecule has 1 aliphatic rings. The van der Waals surface area contributed by atoms with Crippen LogP contribution in [0.25, 0.3) is 11.1 Å². The monoisotopic (exact) mass is 382 g/mol. The Labute approximate surface area is 164 Å². The average Bonchev–Trinajstić information content (AvgIpc) is 2.68. The molecule has 3 rings (SSSR count). The van der Waals surface area contributed by atoms with Crippen LogP contribution in [-0.4, -0.2) is 51.9 Å². The second kappa shape index (κ2) is 8.33. The minimum atomic E-state index is -1.10. The largest absolute Gasteiger partial charge is 0.477 e. The van der Waals surface area contributed by atoms with Gasteiger partial charge in [-0.3, -0.25) is 0 Å². The number of pyridine rings is 1. The van der Waals surface area contributed by atoms with Crippen LogP contribution in [0.1, 0.15) is 55.1 Å². The number of hydrogen-bond acceptors (Lipinski definition) is 7. The maximum atomic E-state index is 11.7. The molecule has 0 unspecified atom stereocenters. The van der Waals surface area contributed by atoms with Gasteiger partial charge in [-0.2, -0.15) is 0 Å². The molecule has 8 nitrogen and oxygen atoms in total. The van der Waals surface area contributed by atoms with E-state index in [4.69, 9.17) is 5.41 Å². The lowest BCUT2D eigenvalue weighted by Crippen LogP contribution is -2.25. The van der Waals surface area contributed by atoms with Gasteiger partial charge in [0.05, 0.1) is 0 Å². The highest BCUT2D eigenvalue weighted by Crippen LogP contribution is 2.31. The Kier molecular flexibility index (Phi) is 5.87. The first-order valence-electron chi connectivity index (χ1n) is 9.47. The third-order valence-corrected chi connectivity index (χ3v) is 4.91. The van der Waals surface area contributed by atoms with Gasteiger partial charge in [0.15, 0.2) is 5.69 Å². The number of aromatic carboxylic acids is 1. The van der Waals surface area contributed by atoms with Crippen molar-refractivity contribution in [3.05, 3.63) is 29.7 Å². The number of carbonyl (C=O) groups is 1. The van der Waals surface area contributed by atoms with E-state index < -0.39 is 5.97 Å². The number of aromatic nitrogens is 3. The van der Waals surface area contributed by atoms with Crippen molar-refractivity contribution >= 4 is 23.4 Å². The van der Waals surface area contributed by atoms with Crippen LogP contribution in [0.5, 0.6) is 0 Å². The summed E-state index contributed by atoms with van der Waals surface area (Å²) in [4.78, 5) is 26.4. The summed E-state index contributed by atoms with van der Waals surface area (Å²) in [5.41, 5.74) is 2.11. The molecule has 1 aliphatic carbocycles. The minimum absolute atomic E-state index is 0.0602. The van der Waals surface area contributed by atoms with Crippen molar-refractivity contribution in [3.8, 4) is 11.1 Å². The summed E-state index contributed by atoms with van der Waals surface area (Å²) in [6, 6.07) is 1.74. The fourth-order valence-corrected chi connectivity index (χ4v) is 3.50. The molecule has 0 amide bonds. The second-order valence-corrected chi connectivity index (χ2v) is 7.35. The molecule has 28 heavy (non-hydrogen) atoms. The average molecular weight is 382 g/mol. The Balaban J connectivity index is 2.10. The minimum Gasteiger partial charge on any atom is -0.477 e. The van der Waals surface area contributed by atoms with Gasteiger partial charge in [0.2, 0.25) is 5.95 Å². The molecule has 1 saturated carbocycles. The van der Waals surface area contributed by atoms with Crippen molar-refractivity contribution in [2.75, 3.05) is 24.3 Å². The first kappa shape index (κ1) is 19.7. The fourth-order valence-electron chi connectivity index (χ4n) is 3.50. The number of carboxylic acid groups (broad SMARTS) is 1. The van der Waals surface area contributed by atoms with Crippen molar-refractivity contribution in [2.24, 2.45) is 0 Å². The number of carboxylic acids is 1. The van der Waals surface area contributed by atoms with Crippen LogP contribution in [-0.2, 0) is 0 Å². The zero-order valence-corrected chi connectivity index (χ0v) is 16.5. The quantitative estimate of drug-likeness (QED) is 0.656. The normalized spacial score (nSPS) is 14.5. The molecule has 0 aliphatic heterocycles. The molecule has 2 aromatic heterocycles. The molecule has 148 valence electrons. The van der Waals surface area contributed by atoms with Gasteiger partial charge in [-0.15, -0.1) is 0 Å². The first-order valence-corrected chi connectivity index (χ1v) is 9.47. The van der Waals surface area contributed by atoms with Gasteiger partial charge in [-0.05, 0) is 31.4 Å². The Bertz CT molecular complexity index is 873. The molecule has 0 spiro atoms. The van der Waals surface area contributed by atoms with Gasteiger partial charge in [-0.1, -0.05) is 19.3 Å². The number of anilines is 2. The lowest BCUT2D eigenvalue weighted by Gasteiger charge is -2.25. The number of hydrogen-bond donors (Lipinski definition) is 3. The molecule has 0 radical (unpaired) electrons. The zero-order chi connectivity index (χ0) is 20.3. The van der Waals surface area contributed by atoms with E-state index in [0.717, 1.165) is 25.7 Å². The van der Waals surface area contributed by atoms with Crippen molar-refractivity contribution in [2.45, 2.75) is 45.1 Å². The topological polar surface area (TPSA) is 115 Å². The van der Waals surface area contributed by atoms with E-state index in [-0.39, 0.29) is 11.7 Å². The predicted molar refractivity (Wildman–Crippen MR) is 110 cm³/mol. The van der Waals surface area contributed by atoms with Crippen molar-refractivity contribution < 1.29 is 9.90 Å². The molecular weight excluding hydrogens is 356 g/mol. The van der Waals surface area contributed by atoms with Gasteiger partial charge in [-0.25, -0.2) is 19.7 Å². The molecular formula is C20H26N6O2. The Morgan fingerprint density at radius 2 is 1.86 bits per heavy atom. The van der Waals surface area contributed by atoms with Crippen LogP contribution >= 0.6 is 0 Å². The van der Waals surface area contributed by atoms with Gasteiger partial charge in [0.1, 0.15) is 5.82 Å². The fraction of sp³-hybridized carbons (Fsp3) is 0.450. The van der Waals surface area contributed by atoms with E-state index in [9.17, 15) is 9.90 Å². The second-order valence-electron chi connectivity index (χ2n) is 7.35. The maximum absolute atomic E-state index is 11.7. The highest BCUT2D eigenvalue weighted by atomic mass is 16.4. The lowest BCUT2D eigenvalue weighted by molar-refractivity contribution is 0.0690. The Morgan fingerprint density at radius 1 is 1.21 bits per heavy atom. The summed E-state index contributed by atoms with van der Waals surface area (Å²) >= 11 is 0. The SMILES string of the molecule is CC(=N)c1c(-c2cnc(N(C)C)nc2)cc(C(=O)O)nc1NC1CCCCC1. The molecule has 0 aromatic carbocycles. The van der Waals surface area contributed by atoms with Gasteiger partial charge in [0.25, 0.3) is 0 Å². The van der Waals surface area contributed by atoms with Crippen LogP contribution in [0.4, 0.5) is 11.8 Å². The lowest BCUT2D eigenvalue weighted by atomic mass is 9.94. The summed E-state index contributed by atoms with van der Waals surface area (Å²) in [6.07, 6.45) is 8.85. The van der Waals surface area contributed by atoms with E-state index in [1.54, 1.807) is 24.2 Å². The van der Waals surface area contributed by atoms with Crippen LogP contribution in [0.2, 0.25) is 0 Å². The zero-order valence-electron chi connectivity index (χ0n) is 16.5. The Morgan fingerprint density at radius 3 is 2.39 bits per heavy atom. The molecule has 2 aromatic rings. The van der Waals surface area contributed by atoms with Crippen LogP contribution in [0.3, 0.4) is 0 Å². The smallest absolute Gasteiger partial charge is 0.354 e. The molecule has 0 bridgehead atoms. The van der Waals surface area contributed by atoms with Crippen molar-refractivity contribution in [1.29, 1.82) is 5.41 Å². The van der Waals surface area contributed by atoms with E-state index in [2.05, 4.69) is 20.3 Å². The predicted octanol–water partition coefficient (Wildman–Crippen LogP) is 3.44. The highest BCUT2D eigenvalue weighted by molar-refractivity contribution is 6.07. The van der Waals surface area contributed by atoms with Crippen molar-refractivity contribution in [1.82, 2.24) is 15.0 Å². The van der Waals surface area contributed by atoms with E-state index in [1.165, 1.54) is 12.5 Å². The molecule has 3 N–H and O–H groups in total. The summed E-state index contributed by atoms with van der Waals surface area (Å²) < 4.78 is 0. The standard InChI is InChI=1S/C20H26N6O2/c1-12(21)17-15(13-10-22-20(23-11-13)26(2)3)9-16(19(27)28)25-18(17)24-14-7-5-4-6-8-14/h9-11,14,21H,4-8H2,1-3H3,(H,24,25)(H,27,28). The number of rotatable bonds is 6. The molecule has 0 saturated heterocycles. The van der Waals surface area contributed by atoms with Gasteiger partial charge < -0.3 is 20.7 Å². The highest BCUT2D eigenvalue weighted by Gasteiger charge is 2.22. The van der Waals surface area contributed by atoms with Crippen molar-refractivity contribution in [3.63, 3.8) is 0 Å². The van der Waals surface area contributed by atoms with Gasteiger partial charge >= 0.3 is 5.97 Å². The maximum Gasteiger partial charge on any atom is 0.354 e. The third-order valence-electron chi connectivity index (χ3n) is 4.91. The molecule has 2 heterocycles. The summed E-state index contributed by atoms with van der Waals surface area (Å²) in [5, 5.41) is 21.2. The molecule has 1 fully saturated rings. The number of nitrogens with zero attached hydrogens (tertiary/aromatic N) is 4. The van der Waals surface area contributed by atoms with E-state index in [0.29, 0.717) is 34.2 Å². The third kappa shape index (κ3) is 4.27. The van der Waals surface area contributed by atoms with Crippen LogP contribution < -0.4 is 10.2 Å². The van der Waals surface area contributed by atoms with Crippen LogP contribution in [0.15, 0.2) is 18.5 Å². The summed E-state index contributed by atoms with van der Waals surface area (Å²) in [5.74, 6) is -0.0936. The van der Waals surface area contributed by atoms with E-state index >= 15 is 0 Å².